The molecule has 0 aliphatic carbocycles. The predicted molar refractivity (Wildman–Crippen MR) is 70.9 cm³/mol. The van der Waals surface area contributed by atoms with Crippen molar-refractivity contribution in [2.45, 2.75) is 13.3 Å². The standard InChI is InChI=1S/C13H16BrNO/c1-10-4-5-12(14)13(7-10)15-8-11-3-2-6-16-9-11/h3-5,7,15H,2,6,8-9H2,1H3. The van der Waals surface area contributed by atoms with E-state index in [4.69, 9.17) is 4.74 Å². The topological polar surface area (TPSA) is 21.3 Å². The lowest BCUT2D eigenvalue weighted by Crippen LogP contribution is -2.14. The van der Waals surface area contributed by atoms with Gasteiger partial charge in [-0.3, -0.25) is 0 Å². The first-order valence-corrected chi connectivity index (χ1v) is 6.30. The van der Waals surface area contributed by atoms with Crippen LogP contribution >= 0.6 is 15.9 Å². The summed E-state index contributed by atoms with van der Waals surface area (Å²) in [4.78, 5) is 0. The predicted octanol–water partition coefficient (Wildman–Crippen LogP) is 3.52. The van der Waals surface area contributed by atoms with Crippen LogP contribution in [0, 0.1) is 6.92 Å². The second kappa shape index (κ2) is 5.51. The van der Waals surface area contributed by atoms with Crippen LogP contribution < -0.4 is 5.32 Å². The average molecular weight is 282 g/mol. The van der Waals surface area contributed by atoms with Gasteiger partial charge in [-0.15, -0.1) is 0 Å². The summed E-state index contributed by atoms with van der Waals surface area (Å²) in [5.41, 5.74) is 3.74. The number of ether oxygens (including phenoxy) is 1. The van der Waals surface area contributed by atoms with Crippen LogP contribution in [0.1, 0.15) is 12.0 Å². The molecule has 16 heavy (non-hydrogen) atoms. The van der Waals surface area contributed by atoms with E-state index in [0.717, 1.165) is 36.3 Å². The van der Waals surface area contributed by atoms with Crippen molar-refractivity contribution in [2.75, 3.05) is 25.1 Å². The maximum atomic E-state index is 5.40. The Balaban J connectivity index is 1.98. The van der Waals surface area contributed by atoms with Crippen LogP contribution in [0.15, 0.2) is 34.3 Å². The summed E-state index contributed by atoms with van der Waals surface area (Å²) in [6.07, 6.45) is 3.30. The highest BCUT2D eigenvalue weighted by molar-refractivity contribution is 9.10. The van der Waals surface area contributed by atoms with Gasteiger partial charge in [0, 0.05) is 16.7 Å². The molecule has 1 aromatic carbocycles. The molecular weight excluding hydrogens is 266 g/mol. The number of rotatable bonds is 3. The zero-order valence-electron chi connectivity index (χ0n) is 9.42. The van der Waals surface area contributed by atoms with Gasteiger partial charge < -0.3 is 10.1 Å². The van der Waals surface area contributed by atoms with Crippen LogP contribution in [0.4, 0.5) is 5.69 Å². The van der Waals surface area contributed by atoms with Gasteiger partial charge in [0.1, 0.15) is 0 Å². The molecule has 86 valence electrons. The second-order valence-electron chi connectivity index (χ2n) is 4.04. The molecule has 0 unspecified atom stereocenters. The molecule has 3 heteroatoms. The lowest BCUT2D eigenvalue weighted by atomic mass is 10.2. The summed E-state index contributed by atoms with van der Waals surface area (Å²) < 4.78 is 6.51. The Labute approximate surface area is 105 Å². The summed E-state index contributed by atoms with van der Waals surface area (Å²) >= 11 is 3.54. The van der Waals surface area contributed by atoms with Crippen LogP contribution in [0.3, 0.4) is 0 Å². The number of anilines is 1. The van der Waals surface area contributed by atoms with Crippen LogP contribution in [0.2, 0.25) is 0 Å². The Bertz CT molecular complexity index is 401. The molecule has 1 aliphatic rings. The minimum Gasteiger partial charge on any atom is -0.380 e. The Morgan fingerprint density at radius 1 is 1.44 bits per heavy atom. The molecule has 0 saturated heterocycles. The number of hydrogen-bond donors (Lipinski definition) is 1. The van der Waals surface area contributed by atoms with Crippen LogP contribution in [-0.2, 0) is 4.74 Å². The first-order chi connectivity index (χ1) is 7.75. The van der Waals surface area contributed by atoms with Gasteiger partial charge in [0.15, 0.2) is 0 Å². The van der Waals surface area contributed by atoms with E-state index in [0.29, 0.717) is 0 Å². The summed E-state index contributed by atoms with van der Waals surface area (Å²) in [5.74, 6) is 0. The fourth-order valence-corrected chi connectivity index (χ4v) is 2.10. The van der Waals surface area contributed by atoms with E-state index < -0.39 is 0 Å². The highest BCUT2D eigenvalue weighted by Gasteiger charge is 2.05. The minimum absolute atomic E-state index is 0.760. The molecule has 1 heterocycles. The maximum absolute atomic E-state index is 5.40. The molecule has 0 saturated carbocycles. The SMILES string of the molecule is Cc1ccc(Br)c(NCC2=CCCOC2)c1. The van der Waals surface area contributed by atoms with E-state index in [1.807, 2.05) is 0 Å². The molecule has 0 fully saturated rings. The number of halogens is 1. The summed E-state index contributed by atoms with van der Waals surface area (Å²) in [5, 5.41) is 3.43. The Hall–Kier alpha value is -0.800. The summed E-state index contributed by atoms with van der Waals surface area (Å²) in [6, 6.07) is 6.32. The first-order valence-electron chi connectivity index (χ1n) is 5.51. The number of aryl methyl sites for hydroxylation is 1. The van der Waals surface area contributed by atoms with E-state index in [-0.39, 0.29) is 0 Å². The van der Waals surface area contributed by atoms with Crippen molar-refractivity contribution in [3.63, 3.8) is 0 Å². The molecule has 2 rings (SSSR count). The molecular formula is C13H16BrNO. The third-order valence-electron chi connectivity index (χ3n) is 2.61. The number of nitrogens with one attached hydrogen (secondary N) is 1. The molecule has 0 amide bonds. The maximum Gasteiger partial charge on any atom is 0.0693 e. The molecule has 1 aliphatic heterocycles. The van der Waals surface area contributed by atoms with Gasteiger partial charge in [0.2, 0.25) is 0 Å². The van der Waals surface area contributed by atoms with E-state index in [2.05, 4.69) is 52.4 Å². The largest absolute Gasteiger partial charge is 0.380 e. The van der Waals surface area contributed by atoms with Gasteiger partial charge in [0.25, 0.3) is 0 Å². The third-order valence-corrected chi connectivity index (χ3v) is 3.30. The van der Waals surface area contributed by atoms with Crippen LogP contribution in [-0.4, -0.2) is 19.8 Å². The average Bonchev–Trinajstić information content (AvgIpc) is 2.32. The van der Waals surface area contributed by atoms with Crippen LogP contribution in [0.25, 0.3) is 0 Å². The summed E-state index contributed by atoms with van der Waals surface area (Å²) in [6.45, 7) is 4.58. The van der Waals surface area contributed by atoms with Crippen molar-refractivity contribution < 1.29 is 4.74 Å². The minimum atomic E-state index is 0.760. The van der Waals surface area contributed by atoms with E-state index >= 15 is 0 Å². The van der Waals surface area contributed by atoms with Crippen molar-refractivity contribution in [1.29, 1.82) is 0 Å². The molecule has 0 atom stereocenters. The Morgan fingerprint density at radius 2 is 2.31 bits per heavy atom. The fourth-order valence-electron chi connectivity index (χ4n) is 1.72. The van der Waals surface area contributed by atoms with Gasteiger partial charge in [-0.25, -0.2) is 0 Å². The lowest BCUT2D eigenvalue weighted by molar-refractivity contribution is 0.150. The van der Waals surface area contributed by atoms with Gasteiger partial charge in [-0.2, -0.15) is 0 Å². The van der Waals surface area contributed by atoms with Gasteiger partial charge in [-0.1, -0.05) is 12.1 Å². The first kappa shape index (κ1) is 11.7. The molecule has 0 bridgehead atoms. The third kappa shape index (κ3) is 3.09. The fraction of sp³-hybridized carbons (Fsp3) is 0.385. The molecule has 0 radical (unpaired) electrons. The quantitative estimate of drug-likeness (QED) is 0.856. The summed E-state index contributed by atoms with van der Waals surface area (Å²) in [7, 11) is 0. The second-order valence-corrected chi connectivity index (χ2v) is 4.89. The van der Waals surface area contributed by atoms with Crippen molar-refractivity contribution in [1.82, 2.24) is 0 Å². The Morgan fingerprint density at radius 3 is 3.06 bits per heavy atom. The van der Waals surface area contributed by atoms with E-state index in [1.165, 1.54) is 11.1 Å². The van der Waals surface area contributed by atoms with Gasteiger partial charge in [0.05, 0.1) is 13.2 Å². The van der Waals surface area contributed by atoms with Crippen molar-refractivity contribution in [2.24, 2.45) is 0 Å². The van der Waals surface area contributed by atoms with Crippen molar-refractivity contribution in [3.8, 4) is 0 Å². The van der Waals surface area contributed by atoms with E-state index in [1.54, 1.807) is 0 Å². The molecule has 2 nitrogen and oxygen atoms in total. The highest BCUT2D eigenvalue weighted by atomic mass is 79.9. The lowest BCUT2D eigenvalue weighted by Gasteiger charge is -2.15. The molecule has 1 aromatic rings. The highest BCUT2D eigenvalue weighted by Crippen LogP contribution is 2.23. The van der Waals surface area contributed by atoms with E-state index in [9.17, 15) is 0 Å². The van der Waals surface area contributed by atoms with Crippen LogP contribution in [0.5, 0.6) is 0 Å². The molecule has 1 N–H and O–H groups in total. The zero-order valence-corrected chi connectivity index (χ0v) is 11.0. The van der Waals surface area contributed by atoms with Crippen molar-refractivity contribution >= 4 is 21.6 Å². The normalized spacial score (nSPS) is 15.8. The zero-order chi connectivity index (χ0) is 11.4. The monoisotopic (exact) mass is 281 g/mol. The van der Waals surface area contributed by atoms with Gasteiger partial charge >= 0.3 is 0 Å². The molecule has 0 aromatic heterocycles. The number of hydrogen-bond acceptors (Lipinski definition) is 2. The molecule has 0 spiro atoms. The van der Waals surface area contributed by atoms with Gasteiger partial charge in [-0.05, 0) is 52.5 Å². The number of benzene rings is 1. The van der Waals surface area contributed by atoms with Crippen molar-refractivity contribution in [3.05, 3.63) is 39.9 Å². The Kier molecular flexibility index (Phi) is 4.02. The smallest absolute Gasteiger partial charge is 0.0693 e.